The topological polar surface area (TPSA) is 38.1 Å². The zero-order valence-electron chi connectivity index (χ0n) is 11.4. The molecule has 2 heterocycles. The molecule has 2 rings (SSSR count). The van der Waals surface area contributed by atoms with Crippen molar-refractivity contribution >= 4 is 17.5 Å². The van der Waals surface area contributed by atoms with Crippen molar-refractivity contribution in [1.82, 2.24) is 14.7 Å². The molecule has 0 saturated carbocycles. The van der Waals surface area contributed by atoms with E-state index in [4.69, 9.17) is 11.6 Å². The maximum atomic E-state index is 12.7. The van der Waals surface area contributed by atoms with Gasteiger partial charge in [-0.05, 0) is 40.0 Å². The van der Waals surface area contributed by atoms with E-state index in [-0.39, 0.29) is 18.0 Å². The van der Waals surface area contributed by atoms with E-state index in [1.54, 1.807) is 11.7 Å². The molecular formula is C13H20ClN3O. The number of rotatable bonds is 1. The van der Waals surface area contributed by atoms with Crippen LogP contribution in [0.5, 0.6) is 0 Å². The summed E-state index contributed by atoms with van der Waals surface area (Å²) < 4.78 is 1.59. The normalized spacial score (nSPS) is 24.4. The Kier molecular flexibility index (Phi) is 3.66. The first-order chi connectivity index (χ1) is 8.43. The van der Waals surface area contributed by atoms with Gasteiger partial charge in [0.2, 0.25) is 0 Å². The van der Waals surface area contributed by atoms with E-state index in [1.165, 1.54) is 6.42 Å². The first-order valence-electron chi connectivity index (χ1n) is 6.45. The second-order valence-electron chi connectivity index (χ2n) is 5.21. The Balaban J connectivity index is 2.35. The monoisotopic (exact) mass is 269 g/mol. The maximum absolute atomic E-state index is 12.7. The molecule has 1 aliphatic heterocycles. The summed E-state index contributed by atoms with van der Waals surface area (Å²) in [5.74, 6) is 0.00259. The van der Waals surface area contributed by atoms with E-state index in [9.17, 15) is 4.79 Å². The number of amides is 1. The molecule has 0 unspecified atom stereocenters. The van der Waals surface area contributed by atoms with Crippen molar-refractivity contribution in [2.24, 2.45) is 7.05 Å². The largest absolute Gasteiger partial charge is 0.332 e. The van der Waals surface area contributed by atoms with Gasteiger partial charge in [-0.3, -0.25) is 9.48 Å². The Morgan fingerprint density at radius 3 is 2.33 bits per heavy atom. The number of nitrogens with zero attached hydrogens (tertiary/aromatic N) is 3. The van der Waals surface area contributed by atoms with Crippen LogP contribution in [0.4, 0.5) is 0 Å². The zero-order chi connectivity index (χ0) is 13.4. The predicted octanol–water partition coefficient (Wildman–Crippen LogP) is 2.79. The van der Waals surface area contributed by atoms with Crippen LogP contribution < -0.4 is 0 Å². The summed E-state index contributed by atoms with van der Waals surface area (Å²) in [5, 5.41) is 4.69. The Bertz CT molecular complexity index is 459. The minimum atomic E-state index is 0.00259. The van der Waals surface area contributed by atoms with Crippen LogP contribution in [0, 0.1) is 6.92 Å². The van der Waals surface area contributed by atoms with E-state index in [0.29, 0.717) is 16.4 Å². The second-order valence-corrected chi connectivity index (χ2v) is 5.59. The average molecular weight is 270 g/mol. The number of carbonyl (C=O) groups excluding carboxylic acids is 1. The van der Waals surface area contributed by atoms with Gasteiger partial charge in [-0.15, -0.1) is 0 Å². The molecule has 0 N–H and O–H groups in total. The third-order valence-electron chi connectivity index (χ3n) is 3.78. The van der Waals surface area contributed by atoms with Gasteiger partial charge in [0.15, 0.2) is 0 Å². The van der Waals surface area contributed by atoms with Gasteiger partial charge in [-0.2, -0.15) is 5.10 Å². The average Bonchev–Trinajstić information content (AvgIpc) is 2.52. The van der Waals surface area contributed by atoms with Gasteiger partial charge >= 0.3 is 0 Å². The fourth-order valence-corrected chi connectivity index (χ4v) is 3.05. The van der Waals surface area contributed by atoms with Gasteiger partial charge < -0.3 is 4.90 Å². The lowest BCUT2D eigenvalue weighted by atomic mass is 9.97. The van der Waals surface area contributed by atoms with Crippen LogP contribution in [0.1, 0.15) is 49.3 Å². The molecule has 1 amide bonds. The molecule has 0 radical (unpaired) electrons. The number of carbonyl (C=O) groups is 1. The molecule has 1 aromatic heterocycles. The SMILES string of the molecule is Cc1nn(C)c(C(=O)N2[C@H](C)CCC[C@@H]2C)c1Cl. The first kappa shape index (κ1) is 13.4. The highest BCUT2D eigenvalue weighted by Crippen LogP contribution is 2.27. The van der Waals surface area contributed by atoms with Crippen molar-refractivity contribution in [3.8, 4) is 0 Å². The smallest absolute Gasteiger partial charge is 0.274 e. The van der Waals surface area contributed by atoms with Crippen molar-refractivity contribution in [1.29, 1.82) is 0 Å². The lowest BCUT2D eigenvalue weighted by Gasteiger charge is -2.39. The molecule has 4 nitrogen and oxygen atoms in total. The van der Waals surface area contributed by atoms with Crippen LogP contribution >= 0.6 is 11.6 Å². The number of piperidine rings is 1. The van der Waals surface area contributed by atoms with E-state index < -0.39 is 0 Å². The Morgan fingerprint density at radius 2 is 1.89 bits per heavy atom. The van der Waals surface area contributed by atoms with Crippen LogP contribution in [-0.4, -0.2) is 32.7 Å². The fraction of sp³-hybridized carbons (Fsp3) is 0.692. The zero-order valence-corrected chi connectivity index (χ0v) is 12.2. The molecule has 100 valence electrons. The van der Waals surface area contributed by atoms with Gasteiger partial charge in [0, 0.05) is 19.1 Å². The highest BCUT2D eigenvalue weighted by Gasteiger charge is 2.32. The van der Waals surface area contributed by atoms with Crippen LogP contribution in [0.25, 0.3) is 0 Å². The summed E-state index contributed by atoms with van der Waals surface area (Å²) in [7, 11) is 1.77. The number of aromatic nitrogens is 2. The summed E-state index contributed by atoms with van der Waals surface area (Å²) in [6.07, 6.45) is 3.30. The van der Waals surface area contributed by atoms with Crippen molar-refractivity contribution in [3.63, 3.8) is 0 Å². The number of hydrogen-bond acceptors (Lipinski definition) is 2. The van der Waals surface area contributed by atoms with Gasteiger partial charge in [0.05, 0.1) is 10.7 Å². The van der Waals surface area contributed by atoms with Crippen molar-refractivity contribution in [2.75, 3.05) is 0 Å². The maximum Gasteiger partial charge on any atom is 0.274 e. The Labute approximate surface area is 113 Å². The van der Waals surface area contributed by atoms with Gasteiger partial charge in [-0.25, -0.2) is 0 Å². The second kappa shape index (κ2) is 4.92. The van der Waals surface area contributed by atoms with Crippen molar-refractivity contribution < 1.29 is 4.79 Å². The molecule has 0 bridgehead atoms. The van der Waals surface area contributed by atoms with Crippen LogP contribution in [0.2, 0.25) is 5.02 Å². The Morgan fingerprint density at radius 1 is 1.33 bits per heavy atom. The number of aryl methyl sites for hydroxylation is 2. The standard InChI is InChI=1S/C13H20ClN3O/c1-8-6-5-7-9(2)17(8)13(18)12-11(14)10(3)15-16(12)4/h8-9H,5-7H2,1-4H3/t8-,9+. The number of hydrogen-bond donors (Lipinski definition) is 0. The van der Waals surface area contributed by atoms with Crippen molar-refractivity contribution in [3.05, 3.63) is 16.4 Å². The third kappa shape index (κ3) is 2.14. The minimum absolute atomic E-state index is 0.00259. The molecule has 0 aliphatic carbocycles. The third-order valence-corrected chi connectivity index (χ3v) is 4.23. The van der Waals surface area contributed by atoms with Gasteiger partial charge in [-0.1, -0.05) is 11.6 Å². The highest BCUT2D eigenvalue weighted by molar-refractivity contribution is 6.34. The molecule has 1 aliphatic rings. The molecule has 0 spiro atoms. The first-order valence-corrected chi connectivity index (χ1v) is 6.83. The molecule has 1 aromatic rings. The van der Waals surface area contributed by atoms with Crippen LogP contribution in [0.3, 0.4) is 0 Å². The van der Waals surface area contributed by atoms with E-state index in [2.05, 4.69) is 18.9 Å². The highest BCUT2D eigenvalue weighted by atomic mass is 35.5. The Hall–Kier alpha value is -1.03. The number of halogens is 1. The van der Waals surface area contributed by atoms with E-state index in [0.717, 1.165) is 12.8 Å². The van der Waals surface area contributed by atoms with Crippen molar-refractivity contribution in [2.45, 2.75) is 52.1 Å². The molecule has 2 atom stereocenters. The van der Waals surface area contributed by atoms with Gasteiger partial charge in [0.1, 0.15) is 5.69 Å². The lowest BCUT2D eigenvalue weighted by Crippen LogP contribution is -2.48. The molecular weight excluding hydrogens is 250 g/mol. The van der Waals surface area contributed by atoms with Crippen LogP contribution in [-0.2, 0) is 7.05 Å². The number of likely N-dealkylation sites (tertiary alicyclic amines) is 1. The summed E-state index contributed by atoms with van der Waals surface area (Å²) in [6.45, 7) is 6.03. The van der Waals surface area contributed by atoms with E-state index >= 15 is 0 Å². The molecule has 0 aromatic carbocycles. The summed E-state index contributed by atoms with van der Waals surface area (Å²) >= 11 is 6.19. The molecule has 5 heteroatoms. The van der Waals surface area contributed by atoms with Gasteiger partial charge in [0.25, 0.3) is 5.91 Å². The lowest BCUT2D eigenvalue weighted by molar-refractivity contribution is 0.0499. The minimum Gasteiger partial charge on any atom is -0.332 e. The van der Waals surface area contributed by atoms with E-state index in [1.807, 2.05) is 11.8 Å². The molecule has 1 fully saturated rings. The molecule has 18 heavy (non-hydrogen) atoms. The summed E-state index contributed by atoms with van der Waals surface area (Å²) in [4.78, 5) is 14.6. The van der Waals surface area contributed by atoms with Crippen LogP contribution in [0.15, 0.2) is 0 Å². The summed E-state index contributed by atoms with van der Waals surface area (Å²) in [5.41, 5.74) is 1.22. The molecule has 1 saturated heterocycles. The quantitative estimate of drug-likeness (QED) is 0.786. The summed E-state index contributed by atoms with van der Waals surface area (Å²) in [6, 6.07) is 0.542. The fourth-order valence-electron chi connectivity index (χ4n) is 2.81. The predicted molar refractivity (Wildman–Crippen MR) is 71.9 cm³/mol.